The van der Waals surface area contributed by atoms with Gasteiger partial charge in [0.05, 0.1) is 11.7 Å². The molecular formula is C22H24N6O2. The molecule has 2 aromatic heterocycles. The molecule has 0 saturated carbocycles. The molecule has 1 saturated heterocycles. The van der Waals surface area contributed by atoms with Gasteiger partial charge in [0.1, 0.15) is 6.54 Å². The summed E-state index contributed by atoms with van der Waals surface area (Å²) in [5.74, 6) is -0.0768. The minimum Gasteiger partial charge on any atom is -0.333 e. The maximum atomic E-state index is 13.1. The van der Waals surface area contributed by atoms with Gasteiger partial charge in [-0.1, -0.05) is 18.2 Å². The lowest BCUT2D eigenvalue weighted by atomic mass is 9.99. The van der Waals surface area contributed by atoms with Crippen LogP contribution in [0.4, 0.5) is 5.69 Å². The molecule has 0 aliphatic carbocycles. The Morgan fingerprint density at radius 2 is 2.03 bits per heavy atom. The number of amides is 2. The average molecular weight is 404 g/mol. The summed E-state index contributed by atoms with van der Waals surface area (Å²) < 4.78 is 1.64. The number of piperidine rings is 1. The van der Waals surface area contributed by atoms with Crippen LogP contribution >= 0.6 is 0 Å². The predicted octanol–water partition coefficient (Wildman–Crippen LogP) is 2.56. The Hall–Kier alpha value is -3.42. The fourth-order valence-corrected chi connectivity index (χ4v) is 4.48. The molecule has 0 radical (unpaired) electrons. The van der Waals surface area contributed by atoms with Crippen molar-refractivity contribution >= 4 is 17.5 Å². The third-order valence-corrected chi connectivity index (χ3v) is 5.99. The number of hydrogen-bond donors (Lipinski definition) is 1. The molecule has 2 aliphatic heterocycles. The van der Waals surface area contributed by atoms with Crippen molar-refractivity contribution in [1.82, 2.24) is 24.9 Å². The highest BCUT2D eigenvalue weighted by Gasteiger charge is 2.32. The number of carbonyl (C=O) groups excluding carboxylic acids is 2. The number of fused-ring (bicyclic) bond motifs is 1. The van der Waals surface area contributed by atoms with Gasteiger partial charge in [0, 0.05) is 31.2 Å². The molecule has 0 bridgehead atoms. The topological polar surface area (TPSA) is 87.1 Å². The molecule has 2 amide bonds. The van der Waals surface area contributed by atoms with E-state index in [-0.39, 0.29) is 24.4 Å². The first-order valence-corrected chi connectivity index (χ1v) is 10.4. The lowest BCUT2D eigenvalue weighted by Crippen LogP contribution is -2.40. The maximum absolute atomic E-state index is 13.1. The molecule has 154 valence electrons. The summed E-state index contributed by atoms with van der Waals surface area (Å²) in [5.41, 5.74) is 3.36. The van der Waals surface area contributed by atoms with Crippen LogP contribution in [0.15, 0.2) is 48.8 Å². The number of hydrogen-bond acceptors (Lipinski definition) is 4. The van der Waals surface area contributed by atoms with Crippen LogP contribution in [0.1, 0.15) is 47.1 Å². The standard InChI is InChI=1S/C22H24N6O2/c29-21(15-26-11-5-10-23-26)27-12-4-3-8-20(27)17-14-18(25-24-17)22(30)28-13-9-16-6-1-2-7-19(16)28/h1-2,5-7,10-11,14,20H,3-4,8-9,12-13,15H2,(H,24,25). The Kier molecular flexibility index (Phi) is 4.82. The van der Waals surface area contributed by atoms with Crippen molar-refractivity contribution in [2.75, 3.05) is 18.0 Å². The van der Waals surface area contributed by atoms with E-state index in [0.29, 0.717) is 18.8 Å². The first kappa shape index (κ1) is 18.6. The monoisotopic (exact) mass is 404 g/mol. The summed E-state index contributed by atoms with van der Waals surface area (Å²) in [5, 5.41) is 11.5. The van der Waals surface area contributed by atoms with Gasteiger partial charge in [0.25, 0.3) is 5.91 Å². The number of H-pyrrole nitrogens is 1. The number of rotatable bonds is 4. The molecule has 8 heteroatoms. The van der Waals surface area contributed by atoms with E-state index in [1.165, 1.54) is 5.56 Å². The number of anilines is 1. The van der Waals surface area contributed by atoms with Crippen molar-refractivity contribution in [3.8, 4) is 0 Å². The van der Waals surface area contributed by atoms with Crippen molar-refractivity contribution in [3.05, 3.63) is 65.7 Å². The van der Waals surface area contributed by atoms with Gasteiger partial charge in [0.15, 0.2) is 5.69 Å². The predicted molar refractivity (Wildman–Crippen MR) is 111 cm³/mol. The summed E-state index contributed by atoms with van der Waals surface area (Å²) in [6, 6.07) is 11.5. The second-order valence-corrected chi connectivity index (χ2v) is 7.85. The molecule has 0 spiro atoms. The lowest BCUT2D eigenvalue weighted by molar-refractivity contribution is -0.136. The highest BCUT2D eigenvalue weighted by molar-refractivity contribution is 6.06. The van der Waals surface area contributed by atoms with E-state index in [4.69, 9.17) is 0 Å². The number of carbonyl (C=O) groups is 2. The first-order valence-electron chi connectivity index (χ1n) is 10.4. The van der Waals surface area contributed by atoms with Crippen LogP contribution in [0.25, 0.3) is 0 Å². The van der Waals surface area contributed by atoms with Crippen LogP contribution < -0.4 is 4.90 Å². The number of nitrogens with zero attached hydrogens (tertiary/aromatic N) is 5. The normalized spacial score (nSPS) is 18.5. The third kappa shape index (κ3) is 3.38. The Balaban J connectivity index is 1.34. The van der Waals surface area contributed by atoms with Crippen molar-refractivity contribution in [1.29, 1.82) is 0 Å². The summed E-state index contributed by atoms with van der Waals surface area (Å²) in [4.78, 5) is 29.7. The lowest BCUT2D eigenvalue weighted by Gasteiger charge is -2.35. The van der Waals surface area contributed by atoms with Crippen LogP contribution in [0.3, 0.4) is 0 Å². The van der Waals surface area contributed by atoms with Crippen molar-refractivity contribution in [2.24, 2.45) is 0 Å². The Bertz CT molecular complexity index is 1060. The van der Waals surface area contributed by atoms with Crippen molar-refractivity contribution in [2.45, 2.75) is 38.3 Å². The van der Waals surface area contributed by atoms with Gasteiger partial charge in [-0.15, -0.1) is 0 Å². The molecule has 1 fully saturated rings. The van der Waals surface area contributed by atoms with Crippen LogP contribution in [0.5, 0.6) is 0 Å². The molecule has 1 aromatic carbocycles. The Morgan fingerprint density at radius 3 is 2.90 bits per heavy atom. The summed E-state index contributed by atoms with van der Waals surface area (Å²) >= 11 is 0. The third-order valence-electron chi connectivity index (χ3n) is 5.99. The molecule has 30 heavy (non-hydrogen) atoms. The molecule has 1 N–H and O–H groups in total. The maximum Gasteiger partial charge on any atom is 0.278 e. The van der Waals surface area contributed by atoms with E-state index in [1.807, 2.05) is 35.2 Å². The van der Waals surface area contributed by atoms with Gasteiger partial charge in [-0.05, 0) is 49.4 Å². The highest BCUT2D eigenvalue weighted by Crippen LogP contribution is 2.32. The van der Waals surface area contributed by atoms with E-state index in [1.54, 1.807) is 22.0 Å². The van der Waals surface area contributed by atoms with Crippen LogP contribution in [-0.4, -0.2) is 49.8 Å². The number of para-hydroxylation sites is 1. The molecule has 1 atom stereocenters. The van der Waals surface area contributed by atoms with Gasteiger partial charge in [0.2, 0.25) is 5.91 Å². The summed E-state index contributed by atoms with van der Waals surface area (Å²) in [7, 11) is 0. The molecular weight excluding hydrogens is 380 g/mol. The number of benzene rings is 1. The number of nitrogens with one attached hydrogen (secondary N) is 1. The largest absolute Gasteiger partial charge is 0.333 e. The highest BCUT2D eigenvalue weighted by atomic mass is 16.2. The van der Waals surface area contributed by atoms with Crippen LogP contribution in [0.2, 0.25) is 0 Å². The Labute approximate surface area is 174 Å². The summed E-state index contributed by atoms with van der Waals surface area (Å²) in [6.07, 6.45) is 7.19. The SMILES string of the molecule is O=C(c1cc(C2CCCCN2C(=O)Cn2cccn2)[nH]n1)N1CCc2ccccc21. The number of likely N-dealkylation sites (tertiary alicyclic amines) is 1. The molecule has 2 aliphatic rings. The second kappa shape index (κ2) is 7.78. The van der Waals surface area contributed by atoms with E-state index in [9.17, 15) is 9.59 Å². The van der Waals surface area contributed by atoms with Crippen molar-refractivity contribution in [3.63, 3.8) is 0 Å². The van der Waals surface area contributed by atoms with Gasteiger partial charge >= 0.3 is 0 Å². The minimum atomic E-state index is -0.104. The Morgan fingerprint density at radius 1 is 1.13 bits per heavy atom. The fraction of sp³-hybridized carbons (Fsp3) is 0.364. The molecule has 3 aromatic rings. The number of aromatic nitrogens is 4. The quantitative estimate of drug-likeness (QED) is 0.724. The summed E-state index contributed by atoms with van der Waals surface area (Å²) in [6.45, 7) is 1.58. The zero-order valence-corrected chi connectivity index (χ0v) is 16.7. The first-order chi connectivity index (χ1) is 14.7. The average Bonchev–Trinajstić information content (AvgIpc) is 3.53. The van der Waals surface area contributed by atoms with Crippen LogP contribution in [-0.2, 0) is 17.8 Å². The second-order valence-electron chi connectivity index (χ2n) is 7.85. The van der Waals surface area contributed by atoms with Gasteiger partial charge < -0.3 is 9.80 Å². The van der Waals surface area contributed by atoms with Gasteiger partial charge in [-0.3, -0.25) is 19.4 Å². The number of aromatic amines is 1. The molecule has 1 unspecified atom stereocenters. The van der Waals surface area contributed by atoms with Gasteiger partial charge in [-0.2, -0.15) is 10.2 Å². The van der Waals surface area contributed by atoms with Gasteiger partial charge in [-0.25, -0.2) is 0 Å². The van der Waals surface area contributed by atoms with E-state index >= 15 is 0 Å². The molecule has 4 heterocycles. The zero-order chi connectivity index (χ0) is 20.5. The van der Waals surface area contributed by atoms with Crippen molar-refractivity contribution < 1.29 is 9.59 Å². The minimum absolute atomic E-state index is 0.0272. The molecule has 5 rings (SSSR count). The van der Waals surface area contributed by atoms with Crippen LogP contribution in [0, 0.1) is 0 Å². The zero-order valence-electron chi connectivity index (χ0n) is 16.7. The van der Waals surface area contributed by atoms with E-state index in [0.717, 1.165) is 37.1 Å². The smallest absolute Gasteiger partial charge is 0.278 e. The van der Waals surface area contributed by atoms with E-state index < -0.39 is 0 Å². The fourth-order valence-electron chi connectivity index (χ4n) is 4.48. The molecule has 8 nitrogen and oxygen atoms in total. The van der Waals surface area contributed by atoms with E-state index in [2.05, 4.69) is 21.4 Å².